The summed E-state index contributed by atoms with van der Waals surface area (Å²) >= 11 is 1.59. The average Bonchev–Trinajstić information content (AvgIpc) is 3.35. The number of piperazine rings is 1. The van der Waals surface area contributed by atoms with Gasteiger partial charge < -0.3 is 19.7 Å². The van der Waals surface area contributed by atoms with Crippen molar-refractivity contribution in [1.29, 1.82) is 0 Å². The van der Waals surface area contributed by atoms with Gasteiger partial charge in [-0.3, -0.25) is 4.79 Å². The number of rotatable bonds is 4. The molecule has 0 aliphatic carbocycles. The summed E-state index contributed by atoms with van der Waals surface area (Å²) < 4.78 is 40.8. The monoisotopic (exact) mass is 480 g/mol. The number of fused-ring (bicyclic) bond motifs is 2. The number of nitrogens with zero attached hydrogens (tertiary/aromatic N) is 7. The maximum atomic E-state index is 13.2. The summed E-state index contributed by atoms with van der Waals surface area (Å²) in [6.45, 7) is 6.14. The Kier molecular flexibility index (Phi) is 5.38. The fraction of sp³-hybridized carbons (Fsp3) is 0.550. The third-order valence-electron chi connectivity index (χ3n) is 5.65. The number of thiophene rings is 1. The van der Waals surface area contributed by atoms with E-state index < -0.39 is 12.0 Å². The van der Waals surface area contributed by atoms with E-state index in [1.54, 1.807) is 11.3 Å². The molecule has 0 bridgehead atoms. The van der Waals surface area contributed by atoms with Gasteiger partial charge in [-0.25, -0.2) is 4.98 Å². The molecule has 0 atom stereocenters. The van der Waals surface area contributed by atoms with E-state index in [2.05, 4.69) is 35.4 Å². The van der Waals surface area contributed by atoms with E-state index in [9.17, 15) is 18.0 Å². The molecule has 33 heavy (non-hydrogen) atoms. The SMILES string of the molecule is CC(C)Cc1cc2c(N3CCn4c(nnc4C(F)(F)F)C3)nc(N3CCNC(=O)C3)nc2s1. The molecule has 13 heteroatoms. The zero-order chi connectivity index (χ0) is 23.3. The molecule has 1 fully saturated rings. The molecule has 3 aromatic rings. The number of aromatic nitrogens is 5. The highest BCUT2D eigenvalue weighted by atomic mass is 32.1. The lowest BCUT2D eigenvalue weighted by Crippen LogP contribution is -2.48. The molecule has 0 radical (unpaired) electrons. The van der Waals surface area contributed by atoms with Crippen LogP contribution in [-0.4, -0.2) is 56.8 Å². The third kappa shape index (κ3) is 4.21. The lowest BCUT2D eigenvalue weighted by Gasteiger charge is -2.31. The van der Waals surface area contributed by atoms with Crippen LogP contribution in [0.2, 0.25) is 0 Å². The first-order valence-electron chi connectivity index (χ1n) is 10.8. The van der Waals surface area contributed by atoms with Gasteiger partial charge >= 0.3 is 6.18 Å². The zero-order valence-corrected chi connectivity index (χ0v) is 19.0. The second-order valence-electron chi connectivity index (χ2n) is 8.66. The van der Waals surface area contributed by atoms with E-state index in [-0.39, 0.29) is 31.4 Å². The standard InChI is InChI=1S/C20H23F3N8OS/c1-11(2)7-12-8-13-16(25-19(26-17(13)33-12)30-4-3-24-15(32)10-30)29-5-6-31-14(9-29)27-28-18(31)20(21,22)23/h8,11H,3-7,9-10H2,1-2H3,(H,24,32). The molecule has 1 saturated heterocycles. The van der Waals surface area contributed by atoms with Gasteiger partial charge in [0, 0.05) is 31.1 Å². The average molecular weight is 481 g/mol. The van der Waals surface area contributed by atoms with Gasteiger partial charge in [-0.2, -0.15) is 18.2 Å². The Morgan fingerprint density at radius 2 is 1.94 bits per heavy atom. The molecular formula is C20H23F3N8OS. The van der Waals surface area contributed by atoms with Crippen LogP contribution in [0.1, 0.15) is 30.4 Å². The Morgan fingerprint density at radius 1 is 1.12 bits per heavy atom. The molecule has 9 nitrogen and oxygen atoms in total. The smallest absolute Gasteiger partial charge is 0.353 e. The Hall–Kier alpha value is -2.96. The van der Waals surface area contributed by atoms with Crippen molar-refractivity contribution in [2.24, 2.45) is 5.92 Å². The van der Waals surface area contributed by atoms with Crippen LogP contribution in [0.25, 0.3) is 10.2 Å². The summed E-state index contributed by atoms with van der Waals surface area (Å²) in [7, 11) is 0. The largest absolute Gasteiger partial charge is 0.451 e. The van der Waals surface area contributed by atoms with Crippen molar-refractivity contribution in [1.82, 2.24) is 30.0 Å². The lowest BCUT2D eigenvalue weighted by molar-refractivity contribution is -0.147. The zero-order valence-electron chi connectivity index (χ0n) is 18.2. The summed E-state index contributed by atoms with van der Waals surface area (Å²) in [4.78, 5) is 27.2. The summed E-state index contributed by atoms with van der Waals surface area (Å²) in [5.41, 5.74) is 0. The Bertz CT molecular complexity index is 1200. The molecule has 3 aromatic heterocycles. The molecule has 0 saturated carbocycles. The normalized spacial score (nSPS) is 17.1. The molecule has 0 spiro atoms. The predicted molar refractivity (Wildman–Crippen MR) is 117 cm³/mol. The minimum absolute atomic E-state index is 0.0936. The number of carbonyl (C=O) groups is 1. The Balaban J connectivity index is 1.55. The maximum Gasteiger partial charge on any atom is 0.451 e. The van der Waals surface area contributed by atoms with E-state index in [1.165, 1.54) is 4.88 Å². The quantitative estimate of drug-likeness (QED) is 0.613. The summed E-state index contributed by atoms with van der Waals surface area (Å²) in [6.07, 6.45) is -3.65. The fourth-order valence-corrected chi connectivity index (χ4v) is 5.42. The molecule has 0 unspecified atom stereocenters. The fourth-order valence-electron chi connectivity index (χ4n) is 4.19. The van der Waals surface area contributed by atoms with Gasteiger partial charge in [0.2, 0.25) is 17.7 Å². The maximum absolute atomic E-state index is 13.2. The van der Waals surface area contributed by atoms with Crippen molar-refractivity contribution in [3.8, 4) is 0 Å². The molecule has 2 aliphatic rings. The van der Waals surface area contributed by atoms with Crippen molar-refractivity contribution < 1.29 is 18.0 Å². The van der Waals surface area contributed by atoms with E-state index in [0.717, 1.165) is 21.2 Å². The van der Waals surface area contributed by atoms with Crippen molar-refractivity contribution in [3.63, 3.8) is 0 Å². The molecule has 5 rings (SSSR count). The Morgan fingerprint density at radius 3 is 2.67 bits per heavy atom. The van der Waals surface area contributed by atoms with Gasteiger partial charge in [-0.15, -0.1) is 21.5 Å². The molecule has 5 heterocycles. The second kappa shape index (κ2) is 8.12. The van der Waals surface area contributed by atoms with Gasteiger partial charge in [0.1, 0.15) is 10.6 Å². The Labute approximate surface area is 191 Å². The van der Waals surface area contributed by atoms with Crippen LogP contribution in [0, 0.1) is 5.92 Å². The number of anilines is 2. The van der Waals surface area contributed by atoms with Crippen LogP contribution in [0.15, 0.2) is 6.07 Å². The minimum Gasteiger partial charge on any atom is -0.353 e. The number of alkyl halides is 3. The molecule has 2 aliphatic heterocycles. The molecule has 1 N–H and O–H groups in total. The molecule has 176 valence electrons. The number of amides is 1. The number of nitrogens with one attached hydrogen (secondary N) is 1. The highest BCUT2D eigenvalue weighted by molar-refractivity contribution is 7.18. The van der Waals surface area contributed by atoms with Gasteiger partial charge in [0.25, 0.3) is 0 Å². The third-order valence-corrected chi connectivity index (χ3v) is 6.70. The van der Waals surface area contributed by atoms with Gasteiger partial charge in [0.05, 0.1) is 18.5 Å². The van der Waals surface area contributed by atoms with Crippen LogP contribution in [0.5, 0.6) is 0 Å². The van der Waals surface area contributed by atoms with Gasteiger partial charge in [-0.05, 0) is 18.4 Å². The van der Waals surface area contributed by atoms with Crippen LogP contribution < -0.4 is 15.1 Å². The lowest BCUT2D eigenvalue weighted by atomic mass is 10.1. The number of hydrogen-bond acceptors (Lipinski definition) is 8. The van der Waals surface area contributed by atoms with Crippen LogP contribution in [0.4, 0.5) is 24.9 Å². The molecule has 1 amide bonds. The first kappa shape index (κ1) is 21.9. The number of halogens is 3. The number of carbonyl (C=O) groups excluding carboxylic acids is 1. The highest BCUT2D eigenvalue weighted by Crippen LogP contribution is 2.36. The van der Waals surface area contributed by atoms with Crippen LogP contribution in [-0.2, 0) is 30.5 Å². The first-order valence-corrected chi connectivity index (χ1v) is 11.6. The number of hydrogen-bond donors (Lipinski definition) is 1. The van der Waals surface area contributed by atoms with Gasteiger partial charge in [-0.1, -0.05) is 13.8 Å². The predicted octanol–water partition coefficient (Wildman–Crippen LogP) is 2.46. The van der Waals surface area contributed by atoms with Crippen molar-refractivity contribution >= 4 is 39.2 Å². The van der Waals surface area contributed by atoms with Crippen molar-refractivity contribution in [2.45, 2.75) is 39.5 Å². The summed E-state index contributed by atoms with van der Waals surface area (Å²) in [5.74, 6) is 0.748. The minimum atomic E-state index is -4.54. The van der Waals surface area contributed by atoms with E-state index >= 15 is 0 Å². The van der Waals surface area contributed by atoms with Gasteiger partial charge in [0.15, 0.2) is 5.82 Å². The topological polar surface area (TPSA) is 92.1 Å². The molecule has 0 aromatic carbocycles. The van der Waals surface area contributed by atoms with E-state index in [0.29, 0.717) is 37.3 Å². The van der Waals surface area contributed by atoms with Crippen LogP contribution in [0.3, 0.4) is 0 Å². The second-order valence-corrected chi connectivity index (χ2v) is 9.77. The van der Waals surface area contributed by atoms with E-state index in [1.807, 2.05) is 9.80 Å². The van der Waals surface area contributed by atoms with E-state index in [4.69, 9.17) is 9.97 Å². The van der Waals surface area contributed by atoms with Crippen molar-refractivity contribution in [3.05, 3.63) is 22.6 Å². The van der Waals surface area contributed by atoms with Crippen molar-refractivity contribution in [2.75, 3.05) is 36.0 Å². The summed E-state index contributed by atoms with van der Waals surface area (Å²) in [5, 5.41) is 10.8. The first-order chi connectivity index (χ1) is 15.7. The highest BCUT2D eigenvalue weighted by Gasteiger charge is 2.40. The van der Waals surface area contributed by atoms with Crippen LogP contribution >= 0.6 is 11.3 Å². The summed E-state index contributed by atoms with van der Waals surface area (Å²) in [6, 6.07) is 2.07. The molecular weight excluding hydrogens is 457 g/mol.